The number of anilines is 1. The van der Waals surface area contributed by atoms with Crippen molar-refractivity contribution < 1.29 is 14.3 Å². The second-order valence-corrected chi connectivity index (χ2v) is 6.73. The van der Waals surface area contributed by atoms with Crippen LogP contribution in [0.2, 0.25) is 0 Å². The molecule has 2 aromatic rings. The number of amides is 2. The number of aryl methyl sites for hydroxylation is 1. The maximum absolute atomic E-state index is 12.4. The molecule has 0 spiro atoms. The second-order valence-electron chi connectivity index (χ2n) is 6.32. The average Bonchev–Trinajstić information content (AvgIpc) is 2.67. The Hall–Kier alpha value is -2.93. The molecule has 0 unspecified atom stereocenters. The van der Waals surface area contributed by atoms with Crippen LogP contribution in [0.5, 0.6) is 5.75 Å². The molecule has 0 bridgehead atoms. The molecule has 0 aromatic heterocycles. The van der Waals surface area contributed by atoms with Crippen LogP contribution in [-0.4, -0.2) is 42.5 Å². The molecule has 2 aromatic carbocycles. The Balaban J connectivity index is 1.91. The highest BCUT2D eigenvalue weighted by Gasteiger charge is 2.13. The number of hydrogen-bond donors (Lipinski definition) is 2. The zero-order valence-corrected chi connectivity index (χ0v) is 17.1. The summed E-state index contributed by atoms with van der Waals surface area (Å²) in [6.45, 7) is 2.33. The Kier molecular flexibility index (Phi) is 7.95. The first kappa shape index (κ1) is 21.4. The zero-order chi connectivity index (χ0) is 20.5. The van der Waals surface area contributed by atoms with Crippen LogP contribution in [0.25, 0.3) is 0 Å². The Labute approximate surface area is 170 Å². The van der Waals surface area contributed by atoms with Crippen LogP contribution < -0.4 is 15.4 Å². The maximum atomic E-state index is 12.4. The molecule has 0 aliphatic rings. The van der Waals surface area contributed by atoms with Gasteiger partial charge in [-0.3, -0.25) is 14.9 Å². The zero-order valence-electron chi connectivity index (χ0n) is 16.3. The number of nitrogens with one attached hydrogen (secondary N) is 2. The van der Waals surface area contributed by atoms with E-state index < -0.39 is 0 Å². The van der Waals surface area contributed by atoms with Gasteiger partial charge < -0.3 is 15.0 Å². The Morgan fingerprint density at radius 2 is 1.75 bits per heavy atom. The average molecular weight is 400 g/mol. The predicted octanol–water partition coefficient (Wildman–Crippen LogP) is 3.23. The van der Waals surface area contributed by atoms with Gasteiger partial charge in [-0.1, -0.05) is 24.3 Å². The maximum Gasteiger partial charge on any atom is 0.261 e. The second kappa shape index (κ2) is 10.4. The van der Waals surface area contributed by atoms with Crippen molar-refractivity contribution in [2.24, 2.45) is 0 Å². The quantitative estimate of drug-likeness (QED) is 0.700. The molecule has 2 N–H and O–H groups in total. The minimum Gasteiger partial charge on any atom is -0.493 e. The largest absolute Gasteiger partial charge is 0.493 e. The predicted molar refractivity (Wildman–Crippen MR) is 115 cm³/mol. The molecule has 148 valence electrons. The Bertz CT molecular complexity index is 835. The summed E-state index contributed by atoms with van der Waals surface area (Å²) in [7, 11) is 3.49. The molecule has 7 heteroatoms. The SMILES string of the molecule is CCOc1ccccc1C(=O)NC(=S)Nc1ccc(CCC(=O)N(C)C)cc1. The van der Waals surface area contributed by atoms with Crippen molar-refractivity contribution in [2.45, 2.75) is 19.8 Å². The van der Waals surface area contributed by atoms with E-state index in [9.17, 15) is 9.59 Å². The van der Waals surface area contributed by atoms with Crippen LogP contribution in [0.1, 0.15) is 29.3 Å². The van der Waals surface area contributed by atoms with Gasteiger partial charge in [0.05, 0.1) is 12.2 Å². The van der Waals surface area contributed by atoms with Crippen molar-refractivity contribution in [3.05, 3.63) is 59.7 Å². The minimum absolute atomic E-state index is 0.0958. The molecule has 28 heavy (non-hydrogen) atoms. The third-order valence-electron chi connectivity index (χ3n) is 4.00. The lowest BCUT2D eigenvalue weighted by molar-refractivity contribution is -0.128. The van der Waals surface area contributed by atoms with Gasteiger partial charge in [0.1, 0.15) is 5.75 Å². The summed E-state index contributed by atoms with van der Waals surface area (Å²) in [5, 5.41) is 5.85. The van der Waals surface area contributed by atoms with Gasteiger partial charge in [0.2, 0.25) is 5.91 Å². The summed E-state index contributed by atoms with van der Waals surface area (Å²) >= 11 is 5.23. The molecule has 0 saturated carbocycles. The van der Waals surface area contributed by atoms with Gasteiger partial charge in [-0.2, -0.15) is 0 Å². The number of para-hydroxylation sites is 1. The molecule has 0 aliphatic carbocycles. The fourth-order valence-corrected chi connectivity index (χ4v) is 2.71. The topological polar surface area (TPSA) is 70.7 Å². The van der Waals surface area contributed by atoms with Crippen molar-refractivity contribution in [1.82, 2.24) is 10.2 Å². The third-order valence-corrected chi connectivity index (χ3v) is 4.20. The number of rotatable bonds is 7. The van der Waals surface area contributed by atoms with Crippen molar-refractivity contribution in [3.8, 4) is 5.75 Å². The summed E-state index contributed by atoms with van der Waals surface area (Å²) in [6, 6.07) is 14.6. The third kappa shape index (κ3) is 6.35. The first-order chi connectivity index (χ1) is 13.4. The van der Waals surface area contributed by atoms with Crippen molar-refractivity contribution in [2.75, 3.05) is 26.0 Å². The molecule has 0 atom stereocenters. The molecule has 0 aliphatic heterocycles. The molecule has 0 radical (unpaired) electrons. The normalized spacial score (nSPS) is 10.1. The highest BCUT2D eigenvalue weighted by Crippen LogP contribution is 2.18. The van der Waals surface area contributed by atoms with Gasteiger partial charge >= 0.3 is 0 Å². The number of thiocarbonyl (C=S) groups is 1. The van der Waals surface area contributed by atoms with E-state index in [2.05, 4.69) is 10.6 Å². The summed E-state index contributed by atoms with van der Waals surface area (Å²) in [5.41, 5.74) is 2.24. The van der Waals surface area contributed by atoms with E-state index in [0.29, 0.717) is 30.8 Å². The van der Waals surface area contributed by atoms with E-state index in [1.807, 2.05) is 37.3 Å². The van der Waals surface area contributed by atoms with Gasteiger partial charge in [0.25, 0.3) is 5.91 Å². The fraction of sp³-hybridized carbons (Fsp3) is 0.286. The van der Waals surface area contributed by atoms with Gasteiger partial charge in [-0.15, -0.1) is 0 Å². The van der Waals surface area contributed by atoms with Gasteiger partial charge in [-0.05, 0) is 55.4 Å². The van der Waals surface area contributed by atoms with Crippen LogP contribution in [-0.2, 0) is 11.2 Å². The van der Waals surface area contributed by atoms with E-state index in [4.69, 9.17) is 17.0 Å². The molecular formula is C21H25N3O3S. The summed E-state index contributed by atoms with van der Waals surface area (Å²) in [5.74, 6) is 0.278. The fourth-order valence-electron chi connectivity index (χ4n) is 2.50. The monoisotopic (exact) mass is 399 g/mol. The van der Waals surface area contributed by atoms with Crippen molar-refractivity contribution >= 4 is 34.8 Å². The summed E-state index contributed by atoms with van der Waals surface area (Å²) in [6.07, 6.45) is 1.14. The number of nitrogens with zero attached hydrogens (tertiary/aromatic N) is 1. The molecular weight excluding hydrogens is 374 g/mol. The van der Waals surface area contributed by atoms with E-state index in [1.165, 1.54) is 0 Å². The van der Waals surface area contributed by atoms with E-state index in [0.717, 1.165) is 11.3 Å². The first-order valence-corrected chi connectivity index (χ1v) is 9.44. The standard InChI is InChI=1S/C21H25N3O3S/c1-4-27-18-8-6-5-7-17(18)20(26)23-21(28)22-16-12-9-15(10-13-16)11-14-19(25)24(2)3/h5-10,12-13H,4,11,14H2,1-3H3,(H2,22,23,26,28). The minimum atomic E-state index is -0.333. The van der Waals surface area contributed by atoms with E-state index >= 15 is 0 Å². The summed E-state index contributed by atoms with van der Waals surface area (Å²) in [4.78, 5) is 25.7. The lowest BCUT2D eigenvalue weighted by Crippen LogP contribution is -2.34. The first-order valence-electron chi connectivity index (χ1n) is 9.04. The van der Waals surface area contributed by atoms with Crippen LogP contribution in [0.15, 0.2) is 48.5 Å². The molecule has 0 fully saturated rings. The van der Waals surface area contributed by atoms with Crippen LogP contribution in [0, 0.1) is 0 Å². The smallest absolute Gasteiger partial charge is 0.261 e. The Morgan fingerprint density at radius 1 is 1.07 bits per heavy atom. The molecule has 6 nitrogen and oxygen atoms in total. The lowest BCUT2D eigenvalue weighted by Gasteiger charge is -2.13. The van der Waals surface area contributed by atoms with Crippen molar-refractivity contribution in [3.63, 3.8) is 0 Å². The highest BCUT2D eigenvalue weighted by atomic mass is 32.1. The summed E-state index contributed by atoms with van der Waals surface area (Å²) < 4.78 is 5.47. The van der Waals surface area contributed by atoms with Crippen LogP contribution in [0.3, 0.4) is 0 Å². The van der Waals surface area contributed by atoms with Crippen LogP contribution >= 0.6 is 12.2 Å². The highest BCUT2D eigenvalue weighted by molar-refractivity contribution is 7.80. The van der Waals surface area contributed by atoms with Crippen LogP contribution in [0.4, 0.5) is 5.69 Å². The molecule has 2 rings (SSSR count). The van der Waals surface area contributed by atoms with Gasteiger partial charge in [0.15, 0.2) is 5.11 Å². The molecule has 0 saturated heterocycles. The van der Waals surface area contributed by atoms with E-state index in [-0.39, 0.29) is 16.9 Å². The van der Waals surface area contributed by atoms with Crippen molar-refractivity contribution in [1.29, 1.82) is 0 Å². The molecule has 0 heterocycles. The number of carbonyl (C=O) groups is 2. The Morgan fingerprint density at radius 3 is 2.39 bits per heavy atom. The number of ether oxygens (including phenoxy) is 1. The number of carbonyl (C=O) groups excluding carboxylic acids is 2. The number of hydrogen-bond acceptors (Lipinski definition) is 4. The molecule has 2 amide bonds. The lowest BCUT2D eigenvalue weighted by atomic mass is 10.1. The van der Waals surface area contributed by atoms with Gasteiger partial charge in [0, 0.05) is 26.2 Å². The van der Waals surface area contributed by atoms with E-state index in [1.54, 1.807) is 37.2 Å². The number of benzene rings is 2. The van der Waals surface area contributed by atoms with Gasteiger partial charge in [-0.25, -0.2) is 0 Å².